The molecule has 0 spiro atoms. The number of fused-ring (bicyclic) bond motifs is 3. The second kappa shape index (κ2) is 9.85. The van der Waals surface area contributed by atoms with Gasteiger partial charge in [0.15, 0.2) is 6.10 Å². The summed E-state index contributed by atoms with van der Waals surface area (Å²) in [6.07, 6.45) is -1.21. The number of rotatable bonds is 7. The van der Waals surface area contributed by atoms with Crippen LogP contribution in [-0.2, 0) is 20.8 Å². The van der Waals surface area contributed by atoms with E-state index in [0.717, 1.165) is 22.3 Å². The van der Waals surface area contributed by atoms with Crippen molar-refractivity contribution in [2.45, 2.75) is 31.0 Å². The average molecular weight is 494 g/mol. The fourth-order valence-electron chi connectivity index (χ4n) is 4.52. The van der Waals surface area contributed by atoms with Gasteiger partial charge in [0, 0.05) is 17.9 Å². The van der Waals surface area contributed by atoms with E-state index in [-0.39, 0.29) is 31.4 Å². The van der Waals surface area contributed by atoms with Gasteiger partial charge in [0.2, 0.25) is 0 Å². The van der Waals surface area contributed by atoms with Gasteiger partial charge in [-0.3, -0.25) is 4.79 Å². The lowest BCUT2D eigenvalue weighted by atomic mass is 9.98. The maximum absolute atomic E-state index is 12.4. The van der Waals surface area contributed by atoms with Crippen LogP contribution in [-0.4, -0.2) is 53.4 Å². The largest absolute Gasteiger partial charge is 0.479 e. The Kier molecular flexibility index (Phi) is 6.47. The number of carboxylic acids is 1. The topological polar surface area (TPSA) is 127 Å². The van der Waals surface area contributed by atoms with Crippen LogP contribution in [0.25, 0.3) is 11.1 Å². The number of amides is 2. The molecule has 3 aromatic rings. The maximum Gasteiger partial charge on any atom is 0.407 e. The first-order valence-corrected chi connectivity index (χ1v) is 12.1. The minimum absolute atomic E-state index is 0.0301. The van der Waals surface area contributed by atoms with E-state index in [4.69, 9.17) is 14.6 Å². The molecule has 2 aromatic carbocycles. The Balaban J connectivity index is 1.14. The van der Waals surface area contributed by atoms with Gasteiger partial charge in [-0.1, -0.05) is 48.5 Å². The molecule has 1 aliphatic heterocycles. The summed E-state index contributed by atoms with van der Waals surface area (Å²) in [6, 6.07) is 15.6. The Morgan fingerprint density at radius 3 is 2.46 bits per heavy atom. The molecular formula is C25H23N3O6S. The van der Waals surface area contributed by atoms with E-state index in [9.17, 15) is 14.4 Å². The number of aliphatic carboxylic acids is 1. The first kappa shape index (κ1) is 23.0. The highest BCUT2D eigenvalue weighted by Crippen LogP contribution is 2.44. The number of benzene rings is 2. The summed E-state index contributed by atoms with van der Waals surface area (Å²) in [5.74, 6) is -1.62. The smallest absolute Gasteiger partial charge is 0.407 e. The highest BCUT2D eigenvalue weighted by molar-refractivity contribution is 7.09. The number of nitrogens with one attached hydrogen (secondary N) is 2. The van der Waals surface area contributed by atoms with Gasteiger partial charge < -0.3 is 25.2 Å². The maximum atomic E-state index is 12.4. The highest BCUT2D eigenvalue weighted by Gasteiger charge is 2.35. The molecule has 2 amide bonds. The summed E-state index contributed by atoms with van der Waals surface area (Å²) >= 11 is 1.22. The van der Waals surface area contributed by atoms with E-state index in [1.807, 2.05) is 24.3 Å². The van der Waals surface area contributed by atoms with Crippen LogP contribution < -0.4 is 10.6 Å². The molecule has 5 rings (SSSR count). The van der Waals surface area contributed by atoms with Crippen molar-refractivity contribution >= 4 is 29.3 Å². The first-order valence-electron chi connectivity index (χ1n) is 11.2. The lowest BCUT2D eigenvalue weighted by Gasteiger charge is -2.15. The molecule has 3 N–H and O–H groups in total. The van der Waals surface area contributed by atoms with Crippen LogP contribution >= 0.6 is 11.3 Å². The third kappa shape index (κ3) is 4.75. The lowest BCUT2D eigenvalue weighted by molar-refractivity contribution is -0.148. The molecule has 1 aromatic heterocycles. The SMILES string of the molecule is O=C(NCc1nc(C(=O)N[C@H]2CCO[C@H]2C(=O)O)cs1)OCC1c2ccccc2-c2ccccc21. The number of aromatic nitrogens is 1. The second-order valence-electron chi connectivity index (χ2n) is 8.30. The summed E-state index contributed by atoms with van der Waals surface area (Å²) in [5.41, 5.74) is 4.74. The molecule has 0 saturated carbocycles. The molecule has 0 radical (unpaired) electrons. The van der Waals surface area contributed by atoms with Crippen LogP contribution in [0.3, 0.4) is 0 Å². The Morgan fingerprint density at radius 1 is 1.09 bits per heavy atom. The molecule has 35 heavy (non-hydrogen) atoms. The third-order valence-electron chi connectivity index (χ3n) is 6.16. The number of alkyl carbamates (subject to hydrolysis) is 1. The van der Waals surface area contributed by atoms with Gasteiger partial charge in [-0.05, 0) is 28.7 Å². The number of carboxylic acid groups (broad SMARTS) is 1. The Labute approximate surface area is 205 Å². The molecule has 0 bridgehead atoms. The van der Waals surface area contributed by atoms with Gasteiger partial charge in [-0.2, -0.15) is 0 Å². The quantitative estimate of drug-likeness (QED) is 0.461. The lowest BCUT2D eigenvalue weighted by Crippen LogP contribution is -2.44. The molecule has 2 heterocycles. The van der Waals surface area contributed by atoms with Crippen molar-refractivity contribution in [3.05, 3.63) is 75.7 Å². The zero-order chi connectivity index (χ0) is 24.4. The van der Waals surface area contributed by atoms with Crippen molar-refractivity contribution in [2.24, 2.45) is 0 Å². The van der Waals surface area contributed by atoms with Crippen molar-refractivity contribution in [3.63, 3.8) is 0 Å². The second-order valence-corrected chi connectivity index (χ2v) is 9.25. The van der Waals surface area contributed by atoms with E-state index >= 15 is 0 Å². The predicted molar refractivity (Wildman–Crippen MR) is 127 cm³/mol. The fourth-order valence-corrected chi connectivity index (χ4v) is 5.23. The van der Waals surface area contributed by atoms with Crippen molar-refractivity contribution in [3.8, 4) is 11.1 Å². The van der Waals surface area contributed by atoms with Crippen LogP contribution in [0.1, 0.15) is 39.0 Å². The van der Waals surface area contributed by atoms with Gasteiger partial charge in [0.25, 0.3) is 5.91 Å². The number of carbonyl (C=O) groups is 3. The molecule has 1 aliphatic carbocycles. The minimum Gasteiger partial charge on any atom is -0.479 e. The standard InChI is InChI=1S/C25H23N3O6S/c29-23(28-19-9-10-33-22(19)24(30)31)20-13-35-21(27-20)11-26-25(32)34-12-18-16-7-3-1-5-14(16)15-6-2-4-8-17(15)18/h1-8,13,18-19,22H,9-12H2,(H,26,32)(H,28,29)(H,30,31)/t19-,22+/m0/s1. The number of hydrogen-bond donors (Lipinski definition) is 3. The number of thiazole rings is 1. The van der Waals surface area contributed by atoms with Crippen molar-refractivity contribution in [1.82, 2.24) is 15.6 Å². The average Bonchev–Trinajstić information content (AvgIpc) is 3.59. The molecule has 10 heteroatoms. The van der Waals surface area contributed by atoms with E-state index < -0.39 is 30.1 Å². The Bertz CT molecular complexity index is 1230. The molecular weight excluding hydrogens is 470 g/mol. The number of carbonyl (C=O) groups excluding carboxylic acids is 2. The Hall–Kier alpha value is -3.76. The van der Waals surface area contributed by atoms with Crippen LogP contribution in [0.15, 0.2) is 53.9 Å². The van der Waals surface area contributed by atoms with Gasteiger partial charge >= 0.3 is 12.1 Å². The molecule has 2 aliphatic rings. The summed E-state index contributed by atoms with van der Waals surface area (Å²) in [7, 11) is 0. The summed E-state index contributed by atoms with van der Waals surface area (Å²) in [6.45, 7) is 0.590. The third-order valence-corrected chi connectivity index (χ3v) is 7.01. The zero-order valence-corrected chi connectivity index (χ0v) is 19.4. The zero-order valence-electron chi connectivity index (χ0n) is 18.6. The molecule has 180 valence electrons. The summed E-state index contributed by atoms with van der Waals surface area (Å²) < 4.78 is 10.7. The molecule has 9 nitrogen and oxygen atoms in total. The van der Waals surface area contributed by atoms with Crippen LogP contribution in [0.4, 0.5) is 4.79 Å². The molecule has 2 atom stereocenters. The van der Waals surface area contributed by atoms with E-state index in [1.54, 1.807) is 5.38 Å². The fraction of sp³-hybridized carbons (Fsp3) is 0.280. The van der Waals surface area contributed by atoms with Crippen molar-refractivity contribution in [2.75, 3.05) is 13.2 Å². The van der Waals surface area contributed by atoms with Crippen molar-refractivity contribution < 1.29 is 29.0 Å². The summed E-state index contributed by atoms with van der Waals surface area (Å²) in [5, 5.41) is 16.6. The molecule has 0 unspecified atom stereocenters. The van der Waals surface area contributed by atoms with Gasteiger partial charge in [-0.25, -0.2) is 14.6 Å². The van der Waals surface area contributed by atoms with E-state index in [0.29, 0.717) is 11.4 Å². The number of hydrogen-bond acceptors (Lipinski definition) is 7. The van der Waals surface area contributed by atoms with Gasteiger partial charge in [-0.15, -0.1) is 11.3 Å². The van der Waals surface area contributed by atoms with Crippen LogP contribution in [0.2, 0.25) is 0 Å². The van der Waals surface area contributed by atoms with E-state index in [1.165, 1.54) is 11.3 Å². The van der Waals surface area contributed by atoms with Crippen LogP contribution in [0.5, 0.6) is 0 Å². The van der Waals surface area contributed by atoms with Crippen LogP contribution in [0, 0.1) is 0 Å². The molecule has 1 saturated heterocycles. The Morgan fingerprint density at radius 2 is 1.77 bits per heavy atom. The molecule has 1 fully saturated rings. The highest BCUT2D eigenvalue weighted by atomic mass is 32.1. The minimum atomic E-state index is -1.11. The monoisotopic (exact) mass is 493 g/mol. The predicted octanol–water partition coefficient (Wildman–Crippen LogP) is 3.15. The van der Waals surface area contributed by atoms with Gasteiger partial charge in [0.05, 0.1) is 12.6 Å². The first-order chi connectivity index (χ1) is 17.0. The van der Waals surface area contributed by atoms with Crippen molar-refractivity contribution in [1.29, 1.82) is 0 Å². The van der Waals surface area contributed by atoms with Gasteiger partial charge in [0.1, 0.15) is 17.3 Å². The number of nitrogens with zero attached hydrogens (tertiary/aromatic N) is 1. The van der Waals surface area contributed by atoms with E-state index in [2.05, 4.69) is 39.9 Å². The summed E-state index contributed by atoms with van der Waals surface area (Å²) in [4.78, 5) is 40.2. The number of ether oxygens (including phenoxy) is 2. The normalized spacial score (nSPS) is 18.5.